The van der Waals surface area contributed by atoms with Gasteiger partial charge in [-0.1, -0.05) is 54.1 Å². The van der Waals surface area contributed by atoms with E-state index in [2.05, 4.69) is 15.2 Å². The highest BCUT2D eigenvalue weighted by Crippen LogP contribution is 2.22. The molecule has 0 aromatic heterocycles. The standard InChI is InChI=1S/C24H22ClN3O4S/c1-2-32-20-12-14-21(15-13-20)33(30,31)28-23-11-7-6-10-22(23)24(29)27-26-17-19(25)16-18-8-4-3-5-9-18/h3-17,28H,2H2,1H3,(H,27,29)/b19-16?,26-17+. The number of sulfonamides is 1. The SMILES string of the molecule is CCOc1ccc(S(=O)(=O)Nc2ccccc2C(=O)N/N=C/C(Cl)=Cc2ccccc2)cc1. The van der Waals surface area contributed by atoms with Crippen LogP contribution < -0.4 is 14.9 Å². The number of amides is 1. The Morgan fingerprint density at radius 1 is 1.00 bits per heavy atom. The maximum absolute atomic E-state index is 12.8. The number of halogens is 1. The molecule has 0 bridgehead atoms. The number of carbonyl (C=O) groups excluding carboxylic acids is 1. The first-order chi connectivity index (χ1) is 15.9. The van der Waals surface area contributed by atoms with Gasteiger partial charge in [0.2, 0.25) is 0 Å². The average Bonchev–Trinajstić information content (AvgIpc) is 2.80. The Balaban J connectivity index is 1.71. The third-order valence-electron chi connectivity index (χ3n) is 4.32. The van der Waals surface area contributed by atoms with E-state index in [-0.39, 0.29) is 16.1 Å². The second-order valence-electron chi connectivity index (χ2n) is 6.69. The van der Waals surface area contributed by atoms with E-state index in [4.69, 9.17) is 16.3 Å². The summed E-state index contributed by atoms with van der Waals surface area (Å²) >= 11 is 6.12. The van der Waals surface area contributed by atoms with Gasteiger partial charge in [0, 0.05) is 0 Å². The van der Waals surface area contributed by atoms with Crippen molar-refractivity contribution >= 4 is 45.5 Å². The molecule has 3 aromatic carbocycles. The summed E-state index contributed by atoms with van der Waals surface area (Å²) in [4.78, 5) is 12.6. The molecule has 3 rings (SSSR count). The first kappa shape index (κ1) is 24.0. The van der Waals surface area contributed by atoms with Crippen LogP contribution in [0.3, 0.4) is 0 Å². The molecule has 1 amide bonds. The van der Waals surface area contributed by atoms with Crippen LogP contribution in [-0.2, 0) is 10.0 Å². The van der Waals surface area contributed by atoms with E-state index in [1.807, 2.05) is 37.3 Å². The normalized spacial score (nSPS) is 11.9. The van der Waals surface area contributed by atoms with Crippen LogP contribution in [0.4, 0.5) is 5.69 Å². The van der Waals surface area contributed by atoms with Gasteiger partial charge in [0.1, 0.15) is 5.75 Å². The number of para-hydroxylation sites is 1. The fourth-order valence-corrected chi connectivity index (χ4v) is 4.07. The van der Waals surface area contributed by atoms with Gasteiger partial charge in [0.05, 0.1) is 34.0 Å². The molecule has 0 aliphatic rings. The minimum Gasteiger partial charge on any atom is -0.494 e. The molecule has 3 aromatic rings. The molecule has 9 heteroatoms. The van der Waals surface area contributed by atoms with E-state index in [9.17, 15) is 13.2 Å². The quantitative estimate of drug-likeness (QED) is 0.335. The minimum absolute atomic E-state index is 0.0389. The highest BCUT2D eigenvalue weighted by Gasteiger charge is 2.18. The van der Waals surface area contributed by atoms with Crippen molar-refractivity contribution in [3.63, 3.8) is 0 Å². The molecule has 0 saturated heterocycles. The second-order valence-corrected chi connectivity index (χ2v) is 8.81. The lowest BCUT2D eigenvalue weighted by Gasteiger charge is -2.12. The van der Waals surface area contributed by atoms with Gasteiger partial charge < -0.3 is 4.74 Å². The maximum atomic E-state index is 12.8. The number of allylic oxidation sites excluding steroid dienone is 1. The summed E-state index contributed by atoms with van der Waals surface area (Å²) in [6.45, 7) is 2.31. The summed E-state index contributed by atoms with van der Waals surface area (Å²) in [6.07, 6.45) is 2.98. The molecule has 0 atom stereocenters. The van der Waals surface area contributed by atoms with Gasteiger partial charge in [-0.05, 0) is 55.0 Å². The summed E-state index contributed by atoms with van der Waals surface area (Å²) in [5.41, 5.74) is 3.46. The number of hydrazone groups is 1. The van der Waals surface area contributed by atoms with E-state index in [1.54, 1.807) is 30.3 Å². The number of benzene rings is 3. The van der Waals surface area contributed by atoms with Crippen LogP contribution in [0.1, 0.15) is 22.8 Å². The number of rotatable bonds is 9. The van der Waals surface area contributed by atoms with Crippen LogP contribution in [0.2, 0.25) is 0 Å². The van der Waals surface area contributed by atoms with Crippen molar-refractivity contribution in [1.29, 1.82) is 0 Å². The smallest absolute Gasteiger partial charge is 0.273 e. The van der Waals surface area contributed by atoms with Crippen molar-refractivity contribution in [3.05, 3.63) is 95.0 Å². The maximum Gasteiger partial charge on any atom is 0.273 e. The molecule has 170 valence electrons. The number of nitrogens with one attached hydrogen (secondary N) is 2. The van der Waals surface area contributed by atoms with Crippen LogP contribution in [0.5, 0.6) is 5.75 Å². The fraction of sp³-hybridized carbons (Fsp3) is 0.0833. The van der Waals surface area contributed by atoms with Gasteiger partial charge in [0.25, 0.3) is 15.9 Å². The molecule has 0 radical (unpaired) electrons. The molecule has 2 N–H and O–H groups in total. The van der Waals surface area contributed by atoms with Crippen molar-refractivity contribution < 1.29 is 17.9 Å². The predicted molar refractivity (Wildman–Crippen MR) is 131 cm³/mol. The van der Waals surface area contributed by atoms with Crippen LogP contribution in [0.15, 0.2) is 93.9 Å². The van der Waals surface area contributed by atoms with Crippen molar-refractivity contribution in [2.75, 3.05) is 11.3 Å². The second kappa shape index (κ2) is 11.3. The lowest BCUT2D eigenvalue weighted by molar-refractivity contribution is 0.0956. The Kier molecular flexibility index (Phi) is 8.23. The Labute approximate surface area is 197 Å². The number of hydrogen-bond donors (Lipinski definition) is 2. The third-order valence-corrected chi connectivity index (χ3v) is 5.91. The van der Waals surface area contributed by atoms with Crippen molar-refractivity contribution in [3.8, 4) is 5.75 Å². The van der Waals surface area contributed by atoms with E-state index >= 15 is 0 Å². The zero-order valence-electron chi connectivity index (χ0n) is 17.7. The van der Waals surface area contributed by atoms with Crippen molar-refractivity contribution in [1.82, 2.24) is 5.43 Å². The van der Waals surface area contributed by atoms with Gasteiger partial charge in [-0.2, -0.15) is 5.10 Å². The molecule has 0 fully saturated rings. The van der Waals surface area contributed by atoms with Crippen molar-refractivity contribution in [2.24, 2.45) is 5.10 Å². The number of anilines is 1. The molecular formula is C24H22ClN3O4S. The highest BCUT2D eigenvalue weighted by molar-refractivity contribution is 7.92. The number of ether oxygens (including phenoxy) is 1. The van der Waals surface area contributed by atoms with Crippen molar-refractivity contribution in [2.45, 2.75) is 11.8 Å². The van der Waals surface area contributed by atoms with Gasteiger partial charge in [-0.3, -0.25) is 9.52 Å². The molecular weight excluding hydrogens is 462 g/mol. The summed E-state index contributed by atoms with van der Waals surface area (Å²) < 4.78 is 33.4. The van der Waals surface area contributed by atoms with Gasteiger partial charge >= 0.3 is 0 Å². The Morgan fingerprint density at radius 2 is 1.67 bits per heavy atom. The molecule has 0 heterocycles. The lowest BCUT2D eigenvalue weighted by Crippen LogP contribution is -2.21. The monoisotopic (exact) mass is 483 g/mol. The van der Waals surface area contributed by atoms with Crippen LogP contribution in [-0.4, -0.2) is 27.1 Å². The van der Waals surface area contributed by atoms with Gasteiger partial charge in [-0.15, -0.1) is 0 Å². The predicted octanol–water partition coefficient (Wildman–Crippen LogP) is 4.88. The summed E-state index contributed by atoms with van der Waals surface area (Å²) in [5, 5.41) is 4.16. The van der Waals surface area contributed by atoms with E-state index < -0.39 is 15.9 Å². The number of hydrogen-bond acceptors (Lipinski definition) is 5. The molecule has 0 aliphatic heterocycles. The summed E-state index contributed by atoms with van der Waals surface area (Å²) in [5.74, 6) is -0.0329. The molecule has 0 spiro atoms. The molecule has 7 nitrogen and oxygen atoms in total. The lowest BCUT2D eigenvalue weighted by atomic mass is 10.2. The van der Waals surface area contributed by atoms with E-state index in [0.29, 0.717) is 17.4 Å². The highest BCUT2D eigenvalue weighted by atomic mass is 35.5. The zero-order valence-corrected chi connectivity index (χ0v) is 19.3. The van der Waals surface area contributed by atoms with E-state index in [0.717, 1.165) is 5.56 Å². The molecule has 0 unspecified atom stereocenters. The molecule has 33 heavy (non-hydrogen) atoms. The van der Waals surface area contributed by atoms with Gasteiger partial charge in [0.15, 0.2) is 0 Å². The van der Waals surface area contributed by atoms with Gasteiger partial charge in [-0.25, -0.2) is 13.8 Å². The average molecular weight is 484 g/mol. The Bertz CT molecular complexity index is 1260. The first-order valence-corrected chi connectivity index (χ1v) is 11.9. The zero-order chi connectivity index (χ0) is 23.7. The first-order valence-electron chi connectivity index (χ1n) is 9.99. The van der Waals surface area contributed by atoms with Crippen LogP contribution in [0, 0.1) is 0 Å². The Morgan fingerprint density at radius 3 is 2.36 bits per heavy atom. The molecule has 0 aliphatic carbocycles. The van der Waals surface area contributed by atoms with E-state index in [1.165, 1.54) is 30.5 Å². The third kappa shape index (κ3) is 6.93. The summed E-state index contributed by atoms with van der Waals surface area (Å²) in [7, 11) is -3.92. The summed E-state index contributed by atoms with van der Waals surface area (Å²) in [6, 6.07) is 21.6. The molecule has 0 saturated carbocycles. The topological polar surface area (TPSA) is 96.9 Å². The van der Waals surface area contributed by atoms with Crippen LogP contribution >= 0.6 is 11.6 Å². The number of nitrogens with zero attached hydrogens (tertiary/aromatic N) is 1. The number of carbonyl (C=O) groups is 1. The minimum atomic E-state index is -3.92. The van der Waals surface area contributed by atoms with Crippen LogP contribution in [0.25, 0.3) is 6.08 Å². The largest absolute Gasteiger partial charge is 0.494 e. The Hall–Kier alpha value is -3.62. The fourth-order valence-electron chi connectivity index (χ4n) is 2.81.